The third kappa shape index (κ3) is 2.91. The average Bonchev–Trinajstić information content (AvgIpc) is 3.17. The lowest BCUT2D eigenvalue weighted by Gasteiger charge is -2.24. The number of nitrogens with zero attached hydrogens (tertiary/aromatic N) is 2. The summed E-state index contributed by atoms with van der Waals surface area (Å²) in [4.78, 5) is 14.6. The minimum absolute atomic E-state index is 0.0193. The van der Waals surface area contributed by atoms with Gasteiger partial charge in [0.1, 0.15) is 5.76 Å². The molecule has 1 amide bonds. The molecule has 0 saturated carbocycles. The summed E-state index contributed by atoms with van der Waals surface area (Å²) in [6, 6.07) is 10.4. The normalized spacial score (nSPS) is 17.9. The molecule has 0 bridgehead atoms. The first-order valence-corrected chi connectivity index (χ1v) is 8.02. The summed E-state index contributed by atoms with van der Waals surface area (Å²) >= 11 is 0. The molecule has 3 rings (SSSR count). The van der Waals surface area contributed by atoms with Gasteiger partial charge in [0.25, 0.3) is 5.91 Å². The molecular formula is C18H22N2O2. The van der Waals surface area contributed by atoms with E-state index in [0.29, 0.717) is 5.69 Å². The number of amides is 1. The van der Waals surface area contributed by atoms with Gasteiger partial charge in [-0.2, -0.15) is 0 Å². The first-order valence-electron chi connectivity index (χ1n) is 8.02. The fourth-order valence-corrected chi connectivity index (χ4v) is 3.07. The van der Waals surface area contributed by atoms with E-state index in [1.165, 1.54) is 11.1 Å². The van der Waals surface area contributed by atoms with Crippen molar-refractivity contribution in [2.24, 2.45) is 0 Å². The van der Waals surface area contributed by atoms with Crippen molar-refractivity contribution < 1.29 is 9.32 Å². The second kappa shape index (κ2) is 6.34. The lowest BCUT2D eigenvalue weighted by atomic mass is 10.0. The van der Waals surface area contributed by atoms with Crippen LogP contribution >= 0.6 is 0 Å². The van der Waals surface area contributed by atoms with Crippen LogP contribution in [0.3, 0.4) is 0 Å². The highest BCUT2D eigenvalue weighted by molar-refractivity contribution is 5.92. The topological polar surface area (TPSA) is 46.3 Å². The Kier molecular flexibility index (Phi) is 4.27. The van der Waals surface area contributed by atoms with Gasteiger partial charge in [0.2, 0.25) is 0 Å². The number of hydrogen-bond acceptors (Lipinski definition) is 3. The molecule has 1 aliphatic rings. The van der Waals surface area contributed by atoms with E-state index in [-0.39, 0.29) is 11.9 Å². The Hall–Kier alpha value is -2.10. The lowest BCUT2D eigenvalue weighted by Crippen LogP contribution is -2.30. The Labute approximate surface area is 131 Å². The molecule has 0 unspecified atom stereocenters. The molecule has 4 nitrogen and oxygen atoms in total. The van der Waals surface area contributed by atoms with E-state index < -0.39 is 0 Å². The summed E-state index contributed by atoms with van der Waals surface area (Å²) in [5.41, 5.74) is 2.87. The van der Waals surface area contributed by atoms with Crippen molar-refractivity contribution in [3.05, 3.63) is 52.9 Å². The number of carbonyl (C=O) groups is 1. The van der Waals surface area contributed by atoms with Gasteiger partial charge in [0.15, 0.2) is 5.69 Å². The van der Waals surface area contributed by atoms with Crippen molar-refractivity contribution in [1.82, 2.24) is 10.1 Å². The second-order valence-electron chi connectivity index (χ2n) is 6.00. The minimum Gasteiger partial charge on any atom is -0.361 e. The fraction of sp³-hybridized carbons (Fsp3) is 0.444. The van der Waals surface area contributed by atoms with Crippen LogP contribution in [0.15, 0.2) is 34.9 Å². The maximum absolute atomic E-state index is 12.7. The number of aryl methyl sites for hydroxylation is 2. The van der Waals surface area contributed by atoms with Crippen molar-refractivity contribution in [1.29, 1.82) is 0 Å². The third-order valence-electron chi connectivity index (χ3n) is 4.25. The van der Waals surface area contributed by atoms with Crippen molar-refractivity contribution in [3.8, 4) is 0 Å². The number of rotatable bonds is 4. The van der Waals surface area contributed by atoms with Crippen molar-refractivity contribution in [3.63, 3.8) is 0 Å². The quantitative estimate of drug-likeness (QED) is 0.859. The molecule has 4 heteroatoms. The Morgan fingerprint density at radius 3 is 2.86 bits per heavy atom. The Morgan fingerprint density at radius 1 is 1.36 bits per heavy atom. The molecule has 0 spiro atoms. The van der Waals surface area contributed by atoms with Crippen LogP contribution in [0.5, 0.6) is 0 Å². The second-order valence-corrected chi connectivity index (χ2v) is 6.00. The molecule has 0 aliphatic carbocycles. The summed E-state index contributed by atoms with van der Waals surface area (Å²) < 4.78 is 5.24. The zero-order valence-electron chi connectivity index (χ0n) is 13.2. The summed E-state index contributed by atoms with van der Waals surface area (Å²) in [5, 5.41) is 3.96. The van der Waals surface area contributed by atoms with E-state index in [1.54, 1.807) is 6.07 Å². The van der Waals surface area contributed by atoms with Gasteiger partial charge in [-0.3, -0.25) is 4.79 Å². The van der Waals surface area contributed by atoms with E-state index >= 15 is 0 Å². The molecule has 1 aliphatic heterocycles. The zero-order chi connectivity index (χ0) is 15.5. The Bertz CT molecular complexity index is 645. The smallest absolute Gasteiger partial charge is 0.276 e. The van der Waals surface area contributed by atoms with Crippen LogP contribution in [0, 0.1) is 6.92 Å². The number of aromatic nitrogens is 1. The molecule has 1 saturated heterocycles. The molecule has 0 radical (unpaired) electrons. The van der Waals surface area contributed by atoms with Crippen molar-refractivity contribution in [2.45, 2.75) is 45.6 Å². The largest absolute Gasteiger partial charge is 0.361 e. The van der Waals surface area contributed by atoms with E-state index in [0.717, 1.165) is 38.0 Å². The Balaban J connectivity index is 1.79. The van der Waals surface area contributed by atoms with Gasteiger partial charge < -0.3 is 9.42 Å². The molecule has 2 aromatic rings. The number of benzene rings is 1. The average molecular weight is 298 g/mol. The first-order chi connectivity index (χ1) is 10.7. The van der Waals surface area contributed by atoms with E-state index in [1.807, 2.05) is 4.90 Å². The van der Waals surface area contributed by atoms with Gasteiger partial charge in [0.05, 0.1) is 6.04 Å². The monoisotopic (exact) mass is 298 g/mol. The molecule has 22 heavy (non-hydrogen) atoms. The van der Waals surface area contributed by atoms with Crippen LogP contribution < -0.4 is 0 Å². The van der Waals surface area contributed by atoms with E-state index in [4.69, 9.17) is 4.52 Å². The molecular weight excluding hydrogens is 276 g/mol. The molecule has 1 fully saturated rings. The predicted octanol–water partition coefficient (Wildman–Crippen LogP) is 3.91. The molecule has 2 heterocycles. The zero-order valence-corrected chi connectivity index (χ0v) is 13.2. The van der Waals surface area contributed by atoms with Crippen LogP contribution in [0.2, 0.25) is 0 Å². The molecule has 1 aromatic carbocycles. The van der Waals surface area contributed by atoms with Gasteiger partial charge in [0, 0.05) is 19.0 Å². The van der Waals surface area contributed by atoms with E-state index in [9.17, 15) is 4.79 Å². The maximum Gasteiger partial charge on any atom is 0.276 e. The maximum atomic E-state index is 12.7. The SMILES string of the molecule is CCCc1cc(C(=O)N2CCC[C@H]2c2ccc(C)cc2)no1. The number of hydrogen-bond donors (Lipinski definition) is 0. The molecule has 1 atom stereocenters. The third-order valence-corrected chi connectivity index (χ3v) is 4.25. The lowest BCUT2D eigenvalue weighted by molar-refractivity contribution is 0.0725. The highest BCUT2D eigenvalue weighted by Crippen LogP contribution is 2.33. The minimum atomic E-state index is -0.0193. The van der Waals surface area contributed by atoms with Crippen molar-refractivity contribution >= 4 is 5.91 Å². The first kappa shape index (κ1) is 14.8. The predicted molar refractivity (Wildman–Crippen MR) is 84.7 cm³/mol. The van der Waals surface area contributed by atoms with Gasteiger partial charge in [-0.05, 0) is 31.7 Å². The molecule has 1 aromatic heterocycles. The summed E-state index contributed by atoms with van der Waals surface area (Å²) in [6.07, 6.45) is 3.85. The molecule has 116 valence electrons. The van der Waals surface area contributed by atoms with Gasteiger partial charge in [-0.1, -0.05) is 41.9 Å². The highest BCUT2D eigenvalue weighted by atomic mass is 16.5. The van der Waals surface area contributed by atoms with Crippen LogP contribution in [0.1, 0.15) is 59.6 Å². The van der Waals surface area contributed by atoms with E-state index in [2.05, 4.69) is 43.3 Å². The van der Waals surface area contributed by atoms with Gasteiger partial charge in [-0.25, -0.2) is 0 Å². The fourth-order valence-electron chi connectivity index (χ4n) is 3.07. The number of carbonyl (C=O) groups excluding carboxylic acids is 1. The van der Waals surface area contributed by atoms with Crippen LogP contribution in [-0.2, 0) is 6.42 Å². The summed E-state index contributed by atoms with van der Waals surface area (Å²) in [7, 11) is 0. The standard InChI is InChI=1S/C18H22N2O2/c1-3-5-15-12-16(19-22-15)18(21)20-11-4-6-17(20)14-9-7-13(2)8-10-14/h7-10,12,17H,3-6,11H2,1-2H3/t17-/m0/s1. The Morgan fingerprint density at radius 2 is 2.14 bits per heavy atom. The van der Waals surface area contributed by atoms with Crippen LogP contribution in [-0.4, -0.2) is 22.5 Å². The summed E-state index contributed by atoms with van der Waals surface area (Å²) in [5.74, 6) is 0.770. The number of likely N-dealkylation sites (tertiary alicyclic amines) is 1. The highest BCUT2D eigenvalue weighted by Gasteiger charge is 2.32. The van der Waals surface area contributed by atoms with Crippen molar-refractivity contribution in [2.75, 3.05) is 6.54 Å². The summed E-state index contributed by atoms with van der Waals surface area (Å²) in [6.45, 7) is 4.94. The van der Waals surface area contributed by atoms with Gasteiger partial charge >= 0.3 is 0 Å². The molecule has 0 N–H and O–H groups in total. The van der Waals surface area contributed by atoms with Crippen LogP contribution in [0.25, 0.3) is 0 Å². The van der Waals surface area contributed by atoms with Gasteiger partial charge in [-0.15, -0.1) is 0 Å². The van der Waals surface area contributed by atoms with Crippen LogP contribution in [0.4, 0.5) is 0 Å².